The van der Waals surface area contributed by atoms with Crippen LogP contribution in [-0.4, -0.2) is 10.9 Å². The summed E-state index contributed by atoms with van der Waals surface area (Å²) in [4.78, 5) is 19.6. The predicted octanol–water partition coefficient (Wildman–Crippen LogP) is 6.25. The molecule has 4 rings (SSSR count). The molecule has 0 saturated carbocycles. The average Bonchev–Trinajstić information content (AvgIpc) is 3.05. The first-order valence-electron chi connectivity index (χ1n) is 9.41. The Balaban J connectivity index is 1.79. The maximum absolute atomic E-state index is 13.6. The SMILES string of the molecule is Cc1cc(C)c2oc(C(=O)N(Cc3ccc(Cl)cc3)c3ccccn3)c(C)c2c1. The molecule has 0 N–H and O–H groups in total. The van der Waals surface area contributed by atoms with Crippen molar-refractivity contribution in [2.75, 3.05) is 4.90 Å². The van der Waals surface area contributed by atoms with Crippen molar-refractivity contribution in [3.05, 3.63) is 93.8 Å². The molecule has 5 heteroatoms. The van der Waals surface area contributed by atoms with E-state index in [1.165, 1.54) is 0 Å². The third kappa shape index (κ3) is 3.76. The number of hydrogen-bond donors (Lipinski definition) is 0. The summed E-state index contributed by atoms with van der Waals surface area (Å²) < 4.78 is 6.07. The van der Waals surface area contributed by atoms with Crippen LogP contribution in [0.15, 0.2) is 65.2 Å². The van der Waals surface area contributed by atoms with E-state index in [-0.39, 0.29) is 5.91 Å². The van der Waals surface area contributed by atoms with Gasteiger partial charge in [-0.15, -0.1) is 0 Å². The molecular formula is C24H21ClN2O2. The van der Waals surface area contributed by atoms with Crippen molar-refractivity contribution >= 4 is 34.3 Å². The number of pyridine rings is 1. The molecule has 0 spiro atoms. The number of aryl methyl sites for hydroxylation is 3. The Morgan fingerprint density at radius 1 is 1.07 bits per heavy atom. The molecule has 29 heavy (non-hydrogen) atoms. The molecule has 2 aromatic heterocycles. The van der Waals surface area contributed by atoms with Crippen LogP contribution in [0.25, 0.3) is 11.0 Å². The lowest BCUT2D eigenvalue weighted by atomic mass is 10.1. The highest BCUT2D eigenvalue weighted by molar-refractivity contribution is 6.30. The average molecular weight is 405 g/mol. The number of aromatic nitrogens is 1. The number of fused-ring (bicyclic) bond motifs is 1. The van der Waals surface area contributed by atoms with Crippen LogP contribution in [-0.2, 0) is 6.54 Å². The molecule has 4 aromatic rings. The van der Waals surface area contributed by atoms with E-state index in [0.29, 0.717) is 23.1 Å². The number of amides is 1. The maximum Gasteiger partial charge on any atom is 0.295 e. The predicted molar refractivity (Wildman–Crippen MR) is 117 cm³/mol. The molecule has 0 aliphatic rings. The Kier molecular flexibility index (Phi) is 5.12. The summed E-state index contributed by atoms with van der Waals surface area (Å²) in [5, 5.41) is 1.63. The van der Waals surface area contributed by atoms with E-state index in [0.717, 1.165) is 33.2 Å². The number of rotatable bonds is 4. The number of hydrogen-bond acceptors (Lipinski definition) is 3. The smallest absolute Gasteiger partial charge is 0.295 e. The zero-order valence-electron chi connectivity index (χ0n) is 16.6. The highest BCUT2D eigenvalue weighted by Crippen LogP contribution is 2.31. The van der Waals surface area contributed by atoms with Crippen LogP contribution in [0.5, 0.6) is 0 Å². The lowest BCUT2D eigenvalue weighted by molar-refractivity contribution is 0.0959. The van der Waals surface area contributed by atoms with Gasteiger partial charge in [0.1, 0.15) is 11.4 Å². The zero-order valence-corrected chi connectivity index (χ0v) is 17.3. The van der Waals surface area contributed by atoms with Crippen molar-refractivity contribution in [1.82, 2.24) is 4.98 Å². The Morgan fingerprint density at radius 2 is 1.83 bits per heavy atom. The number of carbonyl (C=O) groups excluding carboxylic acids is 1. The fraction of sp³-hybridized carbons (Fsp3) is 0.167. The first-order chi connectivity index (χ1) is 13.9. The van der Waals surface area contributed by atoms with Crippen molar-refractivity contribution in [3.63, 3.8) is 0 Å². The lowest BCUT2D eigenvalue weighted by Gasteiger charge is -2.21. The zero-order chi connectivity index (χ0) is 20.5. The van der Waals surface area contributed by atoms with Gasteiger partial charge in [0.25, 0.3) is 5.91 Å². The van der Waals surface area contributed by atoms with Gasteiger partial charge in [-0.1, -0.05) is 35.9 Å². The van der Waals surface area contributed by atoms with Gasteiger partial charge >= 0.3 is 0 Å². The summed E-state index contributed by atoms with van der Waals surface area (Å²) in [5.74, 6) is 0.693. The number of benzene rings is 2. The van der Waals surface area contributed by atoms with Crippen LogP contribution >= 0.6 is 11.6 Å². The van der Waals surface area contributed by atoms with Gasteiger partial charge in [-0.05, 0) is 67.8 Å². The number of nitrogens with zero attached hydrogens (tertiary/aromatic N) is 2. The van der Waals surface area contributed by atoms with Crippen LogP contribution in [0.2, 0.25) is 5.02 Å². The van der Waals surface area contributed by atoms with Gasteiger partial charge in [-0.3, -0.25) is 9.69 Å². The molecule has 4 nitrogen and oxygen atoms in total. The molecule has 0 aliphatic heterocycles. The number of carbonyl (C=O) groups is 1. The summed E-state index contributed by atoms with van der Waals surface area (Å²) in [6.07, 6.45) is 1.68. The summed E-state index contributed by atoms with van der Waals surface area (Å²) in [7, 11) is 0. The summed E-state index contributed by atoms with van der Waals surface area (Å²) in [5.41, 5.74) is 4.71. The van der Waals surface area contributed by atoms with Gasteiger partial charge in [0.15, 0.2) is 5.76 Å². The second kappa shape index (κ2) is 7.72. The van der Waals surface area contributed by atoms with Crippen molar-refractivity contribution in [2.24, 2.45) is 0 Å². The van der Waals surface area contributed by atoms with E-state index in [4.69, 9.17) is 16.0 Å². The van der Waals surface area contributed by atoms with E-state index >= 15 is 0 Å². The van der Waals surface area contributed by atoms with Gasteiger partial charge in [-0.25, -0.2) is 4.98 Å². The molecule has 0 fully saturated rings. The Labute approximate surface area is 174 Å². The fourth-order valence-electron chi connectivity index (χ4n) is 3.54. The third-order valence-corrected chi connectivity index (χ3v) is 5.24. The van der Waals surface area contributed by atoms with E-state index in [2.05, 4.69) is 17.1 Å². The second-order valence-electron chi connectivity index (χ2n) is 7.22. The van der Waals surface area contributed by atoms with Gasteiger partial charge in [0.2, 0.25) is 0 Å². The first kappa shape index (κ1) is 19.2. The largest absolute Gasteiger partial charge is 0.450 e. The molecule has 0 radical (unpaired) electrons. The van der Waals surface area contributed by atoms with Crippen LogP contribution in [0.4, 0.5) is 5.82 Å². The monoisotopic (exact) mass is 404 g/mol. The minimum Gasteiger partial charge on any atom is -0.450 e. The van der Waals surface area contributed by atoms with Crippen LogP contribution in [0.3, 0.4) is 0 Å². The molecule has 0 atom stereocenters. The van der Waals surface area contributed by atoms with Gasteiger partial charge in [0.05, 0.1) is 6.54 Å². The molecule has 2 aromatic carbocycles. The lowest BCUT2D eigenvalue weighted by Crippen LogP contribution is -2.31. The molecule has 0 bridgehead atoms. The highest BCUT2D eigenvalue weighted by Gasteiger charge is 2.26. The number of halogens is 1. The molecular weight excluding hydrogens is 384 g/mol. The molecule has 0 aliphatic carbocycles. The van der Waals surface area contributed by atoms with Crippen molar-refractivity contribution in [3.8, 4) is 0 Å². The topological polar surface area (TPSA) is 46.3 Å². The van der Waals surface area contributed by atoms with Gasteiger partial charge < -0.3 is 4.42 Å². The minimum atomic E-state index is -0.218. The van der Waals surface area contributed by atoms with Crippen LogP contribution in [0.1, 0.15) is 32.8 Å². The van der Waals surface area contributed by atoms with Gasteiger partial charge in [0, 0.05) is 22.2 Å². The van der Waals surface area contributed by atoms with Crippen LogP contribution in [0, 0.1) is 20.8 Å². The van der Waals surface area contributed by atoms with Crippen LogP contribution < -0.4 is 4.90 Å². The second-order valence-corrected chi connectivity index (χ2v) is 7.66. The van der Waals surface area contributed by atoms with Gasteiger partial charge in [-0.2, -0.15) is 0 Å². The quantitative estimate of drug-likeness (QED) is 0.403. The highest BCUT2D eigenvalue weighted by atomic mass is 35.5. The van der Waals surface area contributed by atoms with Crippen molar-refractivity contribution in [2.45, 2.75) is 27.3 Å². The first-order valence-corrected chi connectivity index (χ1v) is 9.79. The van der Waals surface area contributed by atoms with Crippen molar-refractivity contribution in [1.29, 1.82) is 0 Å². The molecule has 1 amide bonds. The number of furan rings is 1. The Hall–Kier alpha value is -3.11. The van der Waals surface area contributed by atoms with E-state index in [1.807, 2.05) is 63.2 Å². The minimum absolute atomic E-state index is 0.218. The summed E-state index contributed by atoms with van der Waals surface area (Å²) >= 11 is 6.01. The normalized spacial score (nSPS) is 11.0. The van der Waals surface area contributed by atoms with E-state index in [9.17, 15) is 4.79 Å². The third-order valence-electron chi connectivity index (χ3n) is 4.99. The molecule has 0 saturated heterocycles. The Bertz CT molecular complexity index is 1180. The number of anilines is 1. The Morgan fingerprint density at radius 3 is 2.52 bits per heavy atom. The maximum atomic E-state index is 13.6. The molecule has 2 heterocycles. The van der Waals surface area contributed by atoms with E-state index in [1.54, 1.807) is 11.1 Å². The fourth-order valence-corrected chi connectivity index (χ4v) is 3.66. The molecule has 0 unspecified atom stereocenters. The van der Waals surface area contributed by atoms with Crippen molar-refractivity contribution < 1.29 is 9.21 Å². The molecule has 146 valence electrons. The standard InChI is InChI=1S/C24H21ClN2O2/c1-15-12-16(2)22-20(13-15)17(3)23(29-22)24(28)27(21-6-4-5-11-26-21)14-18-7-9-19(25)10-8-18/h4-13H,14H2,1-3H3. The van der Waals surface area contributed by atoms with E-state index < -0.39 is 0 Å². The summed E-state index contributed by atoms with van der Waals surface area (Å²) in [6.45, 7) is 6.33. The summed E-state index contributed by atoms with van der Waals surface area (Å²) in [6, 6.07) is 17.1.